The van der Waals surface area contributed by atoms with Crippen molar-refractivity contribution < 1.29 is 4.39 Å². The van der Waals surface area contributed by atoms with Crippen LogP contribution in [0.15, 0.2) is 18.5 Å². The summed E-state index contributed by atoms with van der Waals surface area (Å²) in [6, 6.07) is 2.14. The summed E-state index contributed by atoms with van der Waals surface area (Å²) in [6.45, 7) is 1.31. The average Bonchev–Trinajstić information content (AvgIpc) is 3.08. The number of alkyl halides is 1. The van der Waals surface area contributed by atoms with Gasteiger partial charge in [-0.2, -0.15) is 5.10 Å². The maximum absolute atomic E-state index is 12.5. The van der Waals surface area contributed by atoms with Gasteiger partial charge >= 0.3 is 0 Å². The molecule has 4 rings (SSSR count). The van der Waals surface area contributed by atoms with Crippen molar-refractivity contribution in [2.45, 2.75) is 18.8 Å². The van der Waals surface area contributed by atoms with Gasteiger partial charge in [-0.3, -0.25) is 4.39 Å². The SMILES string of the molecule is FCC1CN(c2nccn3nc(C4CC4)cc23)C1. The van der Waals surface area contributed by atoms with Crippen molar-refractivity contribution in [2.24, 2.45) is 5.92 Å². The van der Waals surface area contributed by atoms with Crippen molar-refractivity contribution >= 4 is 11.3 Å². The van der Waals surface area contributed by atoms with Crippen molar-refractivity contribution in [3.05, 3.63) is 24.2 Å². The molecule has 1 aliphatic heterocycles. The van der Waals surface area contributed by atoms with Crippen LogP contribution in [0.3, 0.4) is 0 Å². The van der Waals surface area contributed by atoms with E-state index in [1.54, 1.807) is 6.20 Å². The van der Waals surface area contributed by atoms with Gasteiger partial charge in [0.05, 0.1) is 12.4 Å². The second kappa shape index (κ2) is 3.67. The highest BCUT2D eigenvalue weighted by atomic mass is 19.1. The molecule has 0 unspecified atom stereocenters. The lowest BCUT2D eigenvalue weighted by Crippen LogP contribution is -2.48. The second-order valence-electron chi connectivity index (χ2n) is 5.35. The van der Waals surface area contributed by atoms with Crippen molar-refractivity contribution in [1.29, 1.82) is 0 Å². The topological polar surface area (TPSA) is 33.4 Å². The largest absolute Gasteiger partial charge is 0.354 e. The molecule has 18 heavy (non-hydrogen) atoms. The Labute approximate surface area is 104 Å². The first-order chi connectivity index (χ1) is 8.85. The van der Waals surface area contributed by atoms with E-state index < -0.39 is 0 Å². The Bertz CT molecular complexity index is 584. The summed E-state index contributed by atoms with van der Waals surface area (Å²) in [4.78, 5) is 6.57. The molecule has 0 spiro atoms. The van der Waals surface area contributed by atoms with Crippen LogP contribution < -0.4 is 4.90 Å². The predicted octanol–water partition coefficient (Wildman–Crippen LogP) is 2.01. The molecule has 0 amide bonds. The number of nitrogens with zero attached hydrogens (tertiary/aromatic N) is 4. The fourth-order valence-corrected chi connectivity index (χ4v) is 2.59. The third-order valence-corrected chi connectivity index (χ3v) is 3.86. The highest BCUT2D eigenvalue weighted by molar-refractivity contribution is 5.70. The summed E-state index contributed by atoms with van der Waals surface area (Å²) in [5.74, 6) is 1.77. The molecule has 4 nitrogen and oxygen atoms in total. The normalized spacial score (nSPS) is 20.4. The molecule has 0 N–H and O–H groups in total. The zero-order chi connectivity index (χ0) is 12.1. The minimum absolute atomic E-state index is 0.179. The number of anilines is 1. The molecule has 0 radical (unpaired) electrons. The minimum atomic E-state index is -0.230. The third kappa shape index (κ3) is 1.50. The number of fused-ring (bicyclic) bond motifs is 1. The van der Waals surface area contributed by atoms with Gasteiger partial charge in [-0.15, -0.1) is 0 Å². The Balaban J connectivity index is 1.71. The number of aromatic nitrogens is 3. The number of hydrogen-bond acceptors (Lipinski definition) is 3. The Morgan fingerprint density at radius 3 is 2.89 bits per heavy atom. The first-order valence-corrected chi connectivity index (χ1v) is 6.50. The van der Waals surface area contributed by atoms with Gasteiger partial charge in [0.25, 0.3) is 0 Å². The molecule has 1 saturated carbocycles. The van der Waals surface area contributed by atoms with Crippen LogP contribution in [0, 0.1) is 5.92 Å². The van der Waals surface area contributed by atoms with Crippen LogP contribution in [-0.4, -0.2) is 34.4 Å². The molecule has 3 heterocycles. The zero-order valence-electron chi connectivity index (χ0n) is 10.1. The molecule has 94 valence electrons. The molecular formula is C13H15FN4. The molecule has 0 atom stereocenters. The maximum Gasteiger partial charge on any atom is 0.154 e. The zero-order valence-corrected chi connectivity index (χ0v) is 10.1. The first kappa shape index (κ1) is 10.3. The fourth-order valence-electron chi connectivity index (χ4n) is 2.59. The van der Waals surface area contributed by atoms with E-state index in [1.165, 1.54) is 18.5 Å². The molecule has 5 heteroatoms. The summed E-state index contributed by atoms with van der Waals surface area (Å²) in [6.07, 6.45) is 6.16. The van der Waals surface area contributed by atoms with Crippen molar-refractivity contribution in [3.63, 3.8) is 0 Å². The molecule has 2 aromatic rings. The quantitative estimate of drug-likeness (QED) is 0.830. The van der Waals surface area contributed by atoms with E-state index in [-0.39, 0.29) is 12.6 Å². The van der Waals surface area contributed by atoms with Crippen LogP contribution in [0.4, 0.5) is 10.2 Å². The molecule has 2 aliphatic rings. The van der Waals surface area contributed by atoms with Crippen LogP contribution in [-0.2, 0) is 0 Å². The van der Waals surface area contributed by atoms with E-state index >= 15 is 0 Å². The predicted molar refractivity (Wildman–Crippen MR) is 66.6 cm³/mol. The Morgan fingerprint density at radius 1 is 1.33 bits per heavy atom. The van der Waals surface area contributed by atoms with Gasteiger partial charge in [0.1, 0.15) is 5.52 Å². The lowest BCUT2D eigenvalue weighted by Gasteiger charge is -2.38. The summed E-state index contributed by atoms with van der Waals surface area (Å²) in [7, 11) is 0. The summed E-state index contributed by atoms with van der Waals surface area (Å²) < 4.78 is 14.4. The molecule has 1 aliphatic carbocycles. The van der Waals surface area contributed by atoms with Gasteiger partial charge in [-0.25, -0.2) is 9.50 Å². The number of rotatable bonds is 3. The standard InChI is InChI=1S/C13H15FN4/c14-6-9-7-17(8-9)13-12-5-11(10-1-2-10)16-18(12)4-3-15-13/h3-5,9-10H,1-2,6-8H2. The smallest absolute Gasteiger partial charge is 0.154 e. The molecule has 0 bridgehead atoms. The molecule has 2 aromatic heterocycles. The summed E-state index contributed by atoms with van der Waals surface area (Å²) in [5, 5.41) is 4.59. The van der Waals surface area contributed by atoms with Gasteiger partial charge < -0.3 is 4.90 Å². The van der Waals surface area contributed by atoms with Gasteiger partial charge in [-0.05, 0) is 18.9 Å². The van der Waals surface area contributed by atoms with Gasteiger partial charge in [-0.1, -0.05) is 0 Å². The first-order valence-electron chi connectivity index (χ1n) is 6.50. The van der Waals surface area contributed by atoms with E-state index in [9.17, 15) is 4.39 Å². The van der Waals surface area contributed by atoms with Crippen LogP contribution in [0.2, 0.25) is 0 Å². The van der Waals surface area contributed by atoms with Crippen molar-refractivity contribution in [3.8, 4) is 0 Å². The molecule has 2 fully saturated rings. The van der Waals surface area contributed by atoms with Crippen LogP contribution in [0.5, 0.6) is 0 Å². The lowest BCUT2D eigenvalue weighted by atomic mass is 10.0. The Kier molecular flexibility index (Phi) is 2.10. The van der Waals surface area contributed by atoms with Gasteiger partial charge in [0, 0.05) is 37.3 Å². The monoisotopic (exact) mass is 246 g/mol. The van der Waals surface area contributed by atoms with Crippen LogP contribution in [0.1, 0.15) is 24.5 Å². The van der Waals surface area contributed by atoms with E-state index in [1.807, 2.05) is 10.7 Å². The number of halogens is 1. The van der Waals surface area contributed by atoms with Gasteiger partial charge in [0.2, 0.25) is 0 Å². The molecule has 0 aromatic carbocycles. The molecule has 1 saturated heterocycles. The Morgan fingerprint density at radius 2 is 2.17 bits per heavy atom. The van der Waals surface area contributed by atoms with E-state index in [0.717, 1.165) is 24.4 Å². The number of hydrogen-bond donors (Lipinski definition) is 0. The van der Waals surface area contributed by atoms with Gasteiger partial charge in [0.15, 0.2) is 5.82 Å². The van der Waals surface area contributed by atoms with E-state index in [4.69, 9.17) is 0 Å². The highest BCUT2D eigenvalue weighted by Crippen LogP contribution is 2.40. The minimum Gasteiger partial charge on any atom is -0.354 e. The summed E-state index contributed by atoms with van der Waals surface area (Å²) in [5.41, 5.74) is 2.23. The van der Waals surface area contributed by atoms with Crippen molar-refractivity contribution in [1.82, 2.24) is 14.6 Å². The Hall–Kier alpha value is -1.65. The fraction of sp³-hybridized carbons (Fsp3) is 0.538. The second-order valence-corrected chi connectivity index (χ2v) is 5.35. The van der Waals surface area contributed by atoms with Crippen molar-refractivity contribution in [2.75, 3.05) is 24.7 Å². The maximum atomic E-state index is 12.5. The average molecular weight is 246 g/mol. The van der Waals surface area contributed by atoms with Crippen LogP contribution in [0.25, 0.3) is 5.52 Å². The van der Waals surface area contributed by atoms with E-state index in [2.05, 4.69) is 21.0 Å². The third-order valence-electron chi connectivity index (χ3n) is 3.86. The van der Waals surface area contributed by atoms with Crippen LogP contribution >= 0.6 is 0 Å². The highest BCUT2D eigenvalue weighted by Gasteiger charge is 2.31. The summed E-state index contributed by atoms with van der Waals surface area (Å²) >= 11 is 0. The lowest BCUT2D eigenvalue weighted by molar-refractivity contribution is 0.305. The van der Waals surface area contributed by atoms with E-state index in [0.29, 0.717) is 5.92 Å². The molecular weight excluding hydrogens is 231 g/mol.